The fourth-order valence-electron chi connectivity index (χ4n) is 2.22. The first-order valence-electron chi connectivity index (χ1n) is 6.82. The van der Waals surface area contributed by atoms with Crippen molar-refractivity contribution in [3.63, 3.8) is 0 Å². The molecule has 0 saturated heterocycles. The third-order valence-electron chi connectivity index (χ3n) is 3.23. The molecule has 0 heterocycles. The van der Waals surface area contributed by atoms with Gasteiger partial charge < -0.3 is 0 Å². The Labute approximate surface area is 139 Å². The van der Waals surface area contributed by atoms with E-state index in [0.717, 1.165) is 0 Å². The normalized spacial score (nSPS) is 11.0. The van der Waals surface area contributed by atoms with Crippen molar-refractivity contribution < 1.29 is 21.2 Å². The van der Waals surface area contributed by atoms with Crippen molar-refractivity contribution in [2.75, 3.05) is 4.93 Å². The van der Waals surface area contributed by atoms with Crippen LogP contribution >= 0.6 is 0 Å². The van der Waals surface area contributed by atoms with Crippen molar-refractivity contribution in [3.8, 4) is 0 Å². The molecule has 0 amide bonds. The summed E-state index contributed by atoms with van der Waals surface area (Å²) in [7, 11) is -0.0127. The maximum atomic E-state index is 2.31. The van der Waals surface area contributed by atoms with E-state index in [9.17, 15) is 0 Å². The second kappa shape index (κ2) is 7.14. The third-order valence-corrected chi connectivity index (χ3v) is 7.42. The van der Waals surface area contributed by atoms with Crippen molar-refractivity contribution in [1.82, 2.24) is 0 Å². The van der Waals surface area contributed by atoms with Crippen molar-refractivity contribution in [2.45, 2.75) is 14.7 Å². The van der Waals surface area contributed by atoms with Crippen molar-refractivity contribution >= 4 is 10.9 Å². The van der Waals surface area contributed by atoms with Crippen LogP contribution in [0, 0.1) is 3.57 Å². The molecule has 0 atom stereocenters. The molecule has 3 aromatic rings. The van der Waals surface area contributed by atoms with E-state index in [4.69, 9.17) is 0 Å². The van der Waals surface area contributed by atoms with Crippen LogP contribution in [0.2, 0.25) is 0 Å². The first kappa shape index (κ1) is 14.7. The van der Waals surface area contributed by atoms with Crippen LogP contribution in [0.1, 0.15) is 0 Å². The number of benzene rings is 3. The first-order chi connectivity index (χ1) is 10.4. The minimum atomic E-state index is -0.0127. The first-order valence-corrected chi connectivity index (χ1v) is 11.3. The molecule has 106 valence electrons. The minimum absolute atomic E-state index is 0.0127. The molecular weight excluding hydrogens is 387 g/mol. The summed E-state index contributed by atoms with van der Waals surface area (Å²) in [4.78, 5) is 6.46. The molecule has 0 aliphatic heterocycles. The van der Waals surface area contributed by atoms with E-state index in [0.29, 0.717) is 0 Å². The molecule has 0 N–H and O–H groups in total. The average Bonchev–Trinajstić information content (AvgIpc) is 2.58. The van der Waals surface area contributed by atoms with Crippen LogP contribution in [-0.2, 0) is 10.9 Å². The Kier molecular flexibility index (Phi) is 4.99. The summed E-state index contributed by atoms with van der Waals surface area (Å²) in [6.07, 6.45) is 0. The van der Waals surface area contributed by atoms with E-state index in [1.54, 1.807) is 0 Å². The van der Waals surface area contributed by atoms with Gasteiger partial charge in [-0.3, -0.25) is 0 Å². The van der Waals surface area contributed by atoms with E-state index < -0.39 is 0 Å². The number of alkyl halides is 1. The molecule has 2 heteroatoms. The molecule has 3 rings (SSSR count). The van der Waals surface area contributed by atoms with Gasteiger partial charge in [0, 0.05) is 0 Å². The van der Waals surface area contributed by atoms with Crippen molar-refractivity contribution in [3.05, 3.63) is 88.5 Å². The van der Waals surface area contributed by atoms with Crippen molar-refractivity contribution in [1.29, 1.82) is 0 Å². The van der Waals surface area contributed by atoms with E-state index in [2.05, 4.69) is 89.9 Å². The Hall–Kier alpha value is -1.26. The van der Waals surface area contributed by atoms with Gasteiger partial charge in [0.2, 0.25) is 0 Å². The monoisotopic (exact) mass is 404 g/mol. The van der Waals surface area contributed by atoms with Crippen LogP contribution in [0.4, 0.5) is 0 Å². The van der Waals surface area contributed by atoms with Gasteiger partial charge in [-0.25, -0.2) is 0 Å². The summed E-state index contributed by atoms with van der Waals surface area (Å²) in [5.74, 6) is 0. The van der Waals surface area contributed by atoms with Crippen molar-refractivity contribution in [2.24, 2.45) is 0 Å². The number of hydrogen-bond donors (Lipinski definition) is 0. The van der Waals surface area contributed by atoms with Gasteiger partial charge >= 0.3 is 140 Å². The SMILES string of the molecule is C[I-]c1ccc([S+](c2ccccc2)c2ccccc2)cc1. The molecule has 0 saturated carbocycles. The quantitative estimate of drug-likeness (QED) is 0.353. The summed E-state index contributed by atoms with van der Waals surface area (Å²) in [5.41, 5.74) is 0. The van der Waals surface area contributed by atoms with Crippen LogP contribution in [0.15, 0.2) is 99.6 Å². The predicted molar refractivity (Wildman–Crippen MR) is 86.1 cm³/mol. The Balaban J connectivity index is 2.07. The van der Waals surface area contributed by atoms with Crippen LogP contribution in [0.25, 0.3) is 0 Å². The van der Waals surface area contributed by atoms with E-state index in [1.807, 2.05) is 0 Å². The maximum absolute atomic E-state index is 2.31. The molecule has 0 radical (unpaired) electrons. The molecule has 0 spiro atoms. The van der Waals surface area contributed by atoms with Gasteiger partial charge in [0.05, 0.1) is 0 Å². The van der Waals surface area contributed by atoms with E-state index in [1.165, 1.54) is 18.3 Å². The van der Waals surface area contributed by atoms with Crippen LogP contribution in [0.5, 0.6) is 0 Å². The Morgan fingerprint density at radius 2 is 1.00 bits per heavy atom. The fraction of sp³-hybridized carbons (Fsp3) is 0.0526. The molecule has 0 fully saturated rings. The molecule has 0 nitrogen and oxygen atoms in total. The molecule has 0 unspecified atom stereocenters. The number of hydrogen-bond acceptors (Lipinski definition) is 0. The molecule has 21 heavy (non-hydrogen) atoms. The summed E-state index contributed by atoms with van der Waals surface area (Å²) in [6.45, 7) is 0. The second-order valence-corrected chi connectivity index (χ2v) is 8.93. The number of rotatable bonds is 4. The zero-order valence-corrected chi connectivity index (χ0v) is 14.8. The van der Waals surface area contributed by atoms with E-state index in [-0.39, 0.29) is 32.1 Å². The Morgan fingerprint density at radius 3 is 1.43 bits per heavy atom. The molecule has 3 aromatic carbocycles. The average molecular weight is 404 g/mol. The summed E-state index contributed by atoms with van der Waals surface area (Å²) >= 11 is 0.169. The van der Waals surface area contributed by atoms with Crippen LogP contribution in [-0.4, -0.2) is 4.93 Å². The van der Waals surface area contributed by atoms with E-state index >= 15 is 0 Å². The van der Waals surface area contributed by atoms with Crippen LogP contribution < -0.4 is 21.2 Å². The molecular formula is C19H17IS. The van der Waals surface area contributed by atoms with Gasteiger partial charge in [0.25, 0.3) is 0 Å². The van der Waals surface area contributed by atoms with Gasteiger partial charge in [-0.1, -0.05) is 0 Å². The Morgan fingerprint density at radius 1 is 0.571 bits per heavy atom. The van der Waals surface area contributed by atoms with Gasteiger partial charge in [0.15, 0.2) is 0 Å². The zero-order valence-electron chi connectivity index (χ0n) is 11.9. The third kappa shape index (κ3) is 3.50. The van der Waals surface area contributed by atoms with Crippen LogP contribution in [0.3, 0.4) is 0 Å². The fourth-order valence-corrected chi connectivity index (χ4v) is 5.38. The molecule has 0 aliphatic carbocycles. The van der Waals surface area contributed by atoms with Gasteiger partial charge in [-0.05, 0) is 0 Å². The zero-order chi connectivity index (χ0) is 14.5. The van der Waals surface area contributed by atoms with Gasteiger partial charge in [-0.2, -0.15) is 0 Å². The molecule has 0 bridgehead atoms. The molecule has 0 aliphatic rings. The number of halogens is 1. The Bertz CT molecular complexity index is 638. The summed E-state index contributed by atoms with van der Waals surface area (Å²) < 4.78 is 1.50. The standard InChI is InChI=1S/C19H17IS/c1-20-16-12-14-19(15-13-16)21(17-8-4-2-5-9-17)18-10-6-3-7-11-18/h2-15H,1H3. The summed E-state index contributed by atoms with van der Waals surface area (Å²) in [6, 6.07) is 30.8. The topological polar surface area (TPSA) is 0 Å². The second-order valence-electron chi connectivity index (χ2n) is 4.58. The predicted octanol–water partition coefficient (Wildman–Crippen LogP) is 1.67. The summed E-state index contributed by atoms with van der Waals surface area (Å²) in [5, 5.41) is 0. The van der Waals surface area contributed by atoms with Gasteiger partial charge in [-0.15, -0.1) is 0 Å². The molecule has 0 aromatic heterocycles. The van der Waals surface area contributed by atoms with Gasteiger partial charge in [0.1, 0.15) is 0 Å².